The molecule has 1 aromatic rings. The van der Waals surface area contributed by atoms with Gasteiger partial charge in [-0.15, -0.1) is 11.3 Å². The summed E-state index contributed by atoms with van der Waals surface area (Å²) >= 11 is 1.54. The molecule has 0 saturated heterocycles. The molecule has 4 heteroatoms. The molecule has 2 atom stereocenters. The van der Waals surface area contributed by atoms with Crippen LogP contribution in [-0.2, 0) is 4.79 Å². The molecule has 1 amide bonds. The summed E-state index contributed by atoms with van der Waals surface area (Å²) in [6.07, 6.45) is 4.69. The molecule has 2 rings (SSSR count). The van der Waals surface area contributed by atoms with Gasteiger partial charge < -0.3 is 4.90 Å². The van der Waals surface area contributed by atoms with Crippen LogP contribution in [0.2, 0.25) is 0 Å². The first-order valence-corrected chi connectivity index (χ1v) is 7.39. The molecule has 1 aliphatic carbocycles. The molecular formula is C14H20N2OS. The monoisotopic (exact) mass is 264 g/mol. The number of amides is 1. The molecule has 1 aliphatic rings. The minimum atomic E-state index is 0.0945. The molecule has 0 bridgehead atoms. The van der Waals surface area contributed by atoms with Crippen molar-refractivity contribution in [3.8, 4) is 0 Å². The second-order valence-corrected chi connectivity index (χ2v) is 6.02. The Balaban J connectivity index is 1.95. The second-order valence-electron chi connectivity index (χ2n) is 5.30. The summed E-state index contributed by atoms with van der Waals surface area (Å²) in [6, 6.07) is 0.255. The van der Waals surface area contributed by atoms with Gasteiger partial charge in [-0.25, -0.2) is 4.98 Å². The van der Waals surface area contributed by atoms with Crippen molar-refractivity contribution in [2.45, 2.75) is 33.2 Å². The van der Waals surface area contributed by atoms with Gasteiger partial charge in [-0.05, 0) is 38.2 Å². The van der Waals surface area contributed by atoms with E-state index in [1.807, 2.05) is 10.3 Å². The largest absolute Gasteiger partial charge is 0.336 e. The fraction of sp³-hybridized carbons (Fsp3) is 0.571. The number of aromatic nitrogens is 1. The van der Waals surface area contributed by atoms with Gasteiger partial charge in [0.05, 0.1) is 11.2 Å². The zero-order chi connectivity index (χ0) is 13.1. The Morgan fingerprint density at radius 1 is 1.67 bits per heavy atom. The van der Waals surface area contributed by atoms with Crippen LogP contribution >= 0.6 is 11.3 Å². The first-order valence-electron chi connectivity index (χ1n) is 6.44. The molecule has 0 aliphatic heterocycles. The quantitative estimate of drug-likeness (QED) is 0.766. The second kappa shape index (κ2) is 5.65. The average molecular weight is 264 g/mol. The summed E-state index contributed by atoms with van der Waals surface area (Å²) in [5.41, 5.74) is 2.63. The van der Waals surface area contributed by atoms with Crippen LogP contribution in [0, 0.1) is 11.8 Å². The van der Waals surface area contributed by atoms with E-state index in [0.717, 1.165) is 18.2 Å². The summed E-state index contributed by atoms with van der Waals surface area (Å²) in [6.45, 7) is 7.28. The molecule has 1 fully saturated rings. The molecule has 18 heavy (non-hydrogen) atoms. The van der Waals surface area contributed by atoms with Crippen LogP contribution in [-0.4, -0.2) is 28.4 Å². The summed E-state index contributed by atoms with van der Waals surface area (Å²) in [5.74, 6) is 1.57. The van der Waals surface area contributed by atoms with E-state index in [4.69, 9.17) is 0 Å². The minimum absolute atomic E-state index is 0.0945. The van der Waals surface area contributed by atoms with Gasteiger partial charge in [-0.3, -0.25) is 4.79 Å². The van der Waals surface area contributed by atoms with E-state index in [2.05, 4.69) is 25.8 Å². The van der Waals surface area contributed by atoms with Crippen LogP contribution in [0.5, 0.6) is 0 Å². The topological polar surface area (TPSA) is 33.2 Å². The van der Waals surface area contributed by atoms with E-state index in [1.165, 1.54) is 17.8 Å². The molecule has 1 aromatic heterocycles. The minimum Gasteiger partial charge on any atom is -0.336 e. The maximum absolute atomic E-state index is 12.2. The molecule has 3 nitrogen and oxygen atoms in total. The smallest absolute Gasteiger partial charge is 0.246 e. The molecule has 1 heterocycles. The Bertz CT molecular complexity index is 425. The third-order valence-corrected chi connectivity index (χ3v) is 4.07. The average Bonchev–Trinajstić information content (AvgIpc) is 2.81. The summed E-state index contributed by atoms with van der Waals surface area (Å²) in [5, 5.41) is 1.94. The van der Waals surface area contributed by atoms with E-state index in [9.17, 15) is 4.79 Å². The number of carbonyl (C=O) groups excluding carboxylic acids is 1. The maximum atomic E-state index is 12.2. The summed E-state index contributed by atoms with van der Waals surface area (Å²) < 4.78 is 0. The van der Waals surface area contributed by atoms with Crippen LogP contribution in [0.15, 0.2) is 17.0 Å². The lowest BCUT2D eigenvalue weighted by Crippen LogP contribution is -2.37. The molecule has 0 aromatic carbocycles. The van der Waals surface area contributed by atoms with Crippen LogP contribution in [0.25, 0.3) is 6.08 Å². The van der Waals surface area contributed by atoms with Gasteiger partial charge >= 0.3 is 0 Å². The van der Waals surface area contributed by atoms with Gasteiger partial charge in [-0.2, -0.15) is 0 Å². The maximum Gasteiger partial charge on any atom is 0.246 e. The Labute approximate surface area is 113 Å². The number of thiazole rings is 1. The highest BCUT2D eigenvalue weighted by Gasteiger charge is 2.35. The first kappa shape index (κ1) is 13.3. The van der Waals surface area contributed by atoms with Crippen LogP contribution < -0.4 is 0 Å². The van der Waals surface area contributed by atoms with Gasteiger partial charge in [-0.1, -0.05) is 6.92 Å². The van der Waals surface area contributed by atoms with Crippen molar-refractivity contribution < 1.29 is 4.79 Å². The van der Waals surface area contributed by atoms with Gasteiger partial charge in [0, 0.05) is 24.0 Å². The van der Waals surface area contributed by atoms with Crippen molar-refractivity contribution in [3.63, 3.8) is 0 Å². The Hall–Kier alpha value is -1.16. The predicted octanol–water partition coefficient (Wildman–Crippen LogP) is 3.05. The number of hydrogen-bond donors (Lipinski definition) is 0. The fourth-order valence-electron chi connectivity index (χ4n) is 2.02. The molecule has 0 unspecified atom stereocenters. The molecule has 0 radical (unpaired) electrons. The Kier molecular flexibility index (Phi) is 4.17. The van der Waals surface area contributed by atoms with Crippen molar-refractivity contribution in [1.29, 1.82) is 0 Å². The number of hydrogen-bond acceptors (Lipinski definition) is 3. The van der Waals surface area contributed by atoms with Gasteiger partial charge in [0.2, 0.25) is 5.91 Å². The first-order chi connectivity index (χ1) is 8.58. The standard InChI is InChI=1S/C14H20N2OS/c1-10(2)16(7-12-6-11(12)3)14(17)5-4-13-8-18-9-15-13/h4-5,8-12H,6-7H2,1-3H3/b5-4-/t11-,12-/m1/s1. The van der Waals surface area contributed by atoms with Gasteiger partial charge in [0.25, 0.3) is 0 Å². The number of nitrogens with zero attached hydrogens (tertiary/aromatic N) is 2. The zero-order valence-electron chi connectivity index (χ0n) is 11.2. The van der Waals surface area contributed by atoms with Crippen molar-refractivity contribution >= 4 is 23.3 Å². The molecule has 0 N–H and O–H groups in total. The molecule has 1 saturated carbocycles. The van der Waals surface area contributed by atoms with Crippen molar-refractivity contribution in [1.82, 2.24) is 9.88 Å². The lowest BCUT2D eigenvalue weighted by atomic mass is 10.2. The molecule has 98 valence electrons. The van der Waals surface area contributed by atoms with Crippen LogP contribution in [0.4, 0.5) is 0 Å². The Morgan fingerprint density at radius 3 is 2.89 bits per heavy atom. The third-order valence-electron chi connectivity index (χ3n) is 3.46. The third kappa shape index (κ3) is 3.42. The SMILES string of the molecule is CC(C)N(C[C@H]1C[C@H]1C)C(=O)/C=C\c1cscn1. The van der Waals surface area contributed by atoms with Gasteiger partial charge in [0.1, 0.15) is 0 Å². The highest BCUT2D eigenvalue weighted by atomic mass is 32.1. The Morgan fingerprint density at radius 2 is 2.39 bits per heavy atom. The lowest BCUT2D eigenvalue weighted by Gasteiger charge is -2.25. The van der Waals surface area contributed by atoms with Crippen molar-refractivity contribution in [3.05, 3.63) is 22.7 Å². The fourth-order valence-corrected chi connectivity index (χ4v) is 2.54. The van der Waals surface area contributed by atoms with E-state index in [1.54, 1.807) is 17.7 Å². The van der Waals surface area contributed by atoms with E-state index in [-0.39, 0.29) is 11.9 Å². The highest BCUT2D eigenvalue weighted by molar-refractivity contribution is 7.07. The summed E-state index contributed by atoms with van der Waals surface area (Å²) in [7, 11) is 0. The van der Waals surface area contributed by atoms with Crippen molar-refractivity contribution in [2.24, 2.45) is 11.8 Å². The summed E-state index contributed by atoms with van der Waals surface area (Å²) in [4.78, 5) is 18.3. The zero-order valence-corrected chi connectivity index (χ0v) is 12.0. The number of rotatable bonds is 5. The van der Waals surface area contributed by atoms with E-state index in [0.29, 0.717) is 5.92 Å². The van der Waals surface area contributed by atoms with E-state index >= 15 is 0 Å². The van der Waals surface area contributed by atoms with E-state index < -0.39 is 0 Å². The molecule has 0 spiro atoms. The lowest BCUT2D eigenvalue weighted by molar-refractivity contribution is -0.127. The number of carbonyl (C=O) groups is 1. The van der Waals surface area contributed by atoms with Crippen LogP contribution in [0.3, 0.4) is 0 Å². The van der Waals surface area contributed by atoms with Crippen LogP contribution in [0.1, 0.15) is 32.9 Å². The van der Waals surface area contributed by atoms with Gasteiger partial charge in [0.15, 0.2) is 0 Å². The molecular weight excluding hydrogens is 244 g/mol. The van der Waals surface area contributed by atoms with Crippen molar-refractivity contribution in [2.75, 3.05) is 6.54 Å². The highest BCUT2D eigenvalue weighted by Crippen LogP contribution is 2.38. The normalized spacial score (nSPS) is 22.7. The predicted molar refractivity (Wildman–Crippen MR) is 75.3 cm³/mol.